The molecule has 2 saturated heterocycles. The summed E-state index contributed by atoms with van der Waals surface area (Å²) < 4.78 is 6.26. The van der Waals surface area contributed by atoms with Gasteiger partial charge in [-0.05, 0) is 66.8 Å². The standard InChI is InChI=1S/C27H30N4O3/c28-14-19-4-3-5-20(12-19)15-30-11-2-1-6-23(30)18-34-24-8-7-21-16-31(17-22(21)13-24)25-9-10-26(32)29-27(25)33/h3-5,7-8,12-13,23,25H,1-2,6,9-11,15-18H2,(H,29,32,33)/t23-,25?/m0/s1. The lowest BCUT2D eigenvalue weighted by atomic mass is 10.0. The number of imide groups is 1. The molecule has 34 heavy (non-hydrogen) atoms. The van der Waals surface area contributed by atoms with Crippen molar-refractivity contribution in [2.45, 2.75) is 63.8 Å². The van der Waals surface area contributed by atoms with Crippen LogP contribution < -0.4 is 10.1 Å². The van der Waals surface area contributed by atoms with E-state index in [9.17, 15) is 14.9 Å². The van der Waals surface area contributed by atoms with Crippen LogP contribution in [-0.4, -0.2) is 46.8 Å². The highest BCUT2D eigenvalue weighted by atomic mass is 16.5. The van der Waals surface area contributed by atoms with Crippen molar-refractivity contribution in [2.24, 2.45) is 0 Å². The second-order valence-corrected chi connectivity index (χ2v) is 9.55. The van der Waals surface area contributed by atoms with Gasteiger partial charge >= 0.3 is 0 Å². The Morgan fingerprint density at radius 1 is 1.06 bits per heavy atom. The van der Waals surface area contributed by atoms with Crippen molar-refractivity contribution in [3.8, 4) is 11.8 Å². The first-order chi connectivity index (χ1) is 16.6. The summed E-state index contributed by atoms with van der Waals surface area (Å²) in [6, 6.07) is 16.4. The molecule has 5 rings (SSSR count). The minimum atomic E-state index is -0.246. The Morgan fingerprint density at radius 2 is 1.94 bits per heavy atom. The molecular formula is C27H30N4O3. The normalized spacial score (nSPS) is 23.3. The van der Waals surface area contributed by atoms with Crippen molar-refractivity contribution in [3.63, 3.8) is 0 Å². The van der Waals surface area contributed by atoms with Crippen molar-refractivity contribution in [2.75, 3.05) is 13.2 Å². The highest BCUT2D eigenvalue weighted by Crippen LogP contribution is 2.30. The van der Waals surface area contributed by atoms with Crippen LogP contribution in [0, 0.1) is 11.3 Å². The molecule has 176 valence electrons. The van der Waals surface area contributed by atoms with Crippen LogP contribution in [0.15, 0.2) is 42.5 Å². The molecule has 1 unspecified atom stereocenters. The van der Waals surface area contributed by atoms with Crippen molar-refractivity contribution in [1.29, 1.82) is 5.26 Å². The molecule has 1 N–H and O–H groups in total. The summed E-state index contributed by atoms with van der Waals surface area (Å²) in [6.45, 7) is 3.92. The Hall–Kier alpha value is -3.21. The third-order valence-electron chi connectivity index (χ3n) is 7.21. The number of fused-ring (bicyclic) bond motifs is 1. The lowest BCUT2D eigenvalue weighted by Gasteiger charge is -2.35. The molecule has 2 amide bonds. The van der Waals surface area contributed by atoms with Gasteiger partial charge < -0.3 is 4.74 Å². The molecule has 0 saturated carbocycles. The van der Waals surface area contributed by atoms with Gasteiger partial charge in [0.15, 0.2) is 0 Å². The molecule has 3 heterocycles. The van der Waals surface area contributed by atoms with Gasteiger partial charge in [0, 0.05) is 32.1 Å². The molecule has 2 aromatic rings. The number of hydrogen-bond acceptors (Lipinski definition) is 6. The fourth-order valence-electron chi connectivity index (χ4n) is 5.36. The van der Waals surface area contributed by atoms with Crippen LogP contribution in [0.3, 0.4) is 0 Å². The van der Waals surface area contributed by atoms with Crippen LogP contribution in [0.4, 0.5) is 0 Å². The predicted molar refractivity (Wildman–Crippen MR) is 127 cm³/mol. The largest absolute Gasteiger partial charge is 0.492 e. The fourth-order valence-corrected chi connectivity index (χ4v) is 5.36. The van der Waals surface area contributed by atoms with Gasteiger partial charge in [-0.25, -0.2) is 0 Å². The number of nitrogens with one attached hydrogen (secondary N) is 1. The average Bonchev–Trinajstić information content (AvgIpc) is 3.26. The number of carbonyl (C=O) groups is 2. The van der Waals surface area contributed by atoms with E-state index in [0.29, 0.717) is 37.6 Å². The monoisotopic (exact) mass is 458 g/mol. The van der Waals surface area contributed by atoms with Crippen LogP contribution in [0.2, 0.25) is 0 Å². The second kappa shape index (κ2) is 9.96. The zero-order chi connectivity index (χ0) is 23.5. The highest BCUT2D eigenvalue weighted by Gasteiger charge is 2.34. The maximum atomic E-state index is 12.3. The highest BCUT2D eigenvalue weighted by molar-refractivity contribution is 6.00. The number of ether oxygens (including phenoxy) is 1. The summed E-state index contributed by atoms with van der Waals surface area (Å²) in [5.74, 6) is 0.502. The Bertz CT molecular complexity index is 1130. The Kier molecular flexibility index (Phi) is 6.61. The number of piperidine rings is 2. The molecule has 2 fully saturated rings. The van der Waals surface area contributed by atoms with E-state index < -0.39 is 0 Å². The van der Waals surface area contributed by atoms with Gasteiger partial charge in [0.25, 0.3) is 0 Å². The van der Waals surface area contributed by atoms with Crippen LogP contribution in [0.25, 0.3) is 0 Å². The molecular weight excluding hydrogens is 428 g/mol. The minimum Gasteiger partial charge on any atom is -0.492 e. The molecule has 2 aromatic carbocycles. The zero-order valence-electron chi connectivity index (χ0n) is 19.3. The van der Waals surface area contributed by atoms with Gasteiger partial charge in [-0.1, -0.05) is 24.6 Å². The van der Waals surface area contributed by atoms with E-state index >= 15 is 0 Å². The summed E-state index contributed by atoms with van der Waals surface area (Å²) in [5.41, 5.74) is 4.27. The number of nitriles is 1. The van der Waals surface area contributed by atoms with E-state index in [-0.39, 0.29) is 17.9 Å². The molecule has 0 aromatic heterocycles. The molecule has 2 atom stereocenters. The maximum Gasteiger partial charge on any atom is 0.243 e. The van der Waals surface area contributed by atoms with Gasteiger partial charge in [-0.3, -0.25) is 24.7 Å². The van der Waals surface area contributed by atoms with Gasteiger partial charge in [-0.15, -0.1) is 0 Å². The number of rotatable bonds is 6. The van der Waals surface area contributed by atoms with Gasteiger partial charge in [0.1, 0.15) is 12.4 Å². The van der Waals surface area contributed by atoms with Crippen LogP contribution in [0.1, 0.15) is 54.4 Å². The van der Waals surface area contributed by atoms with E-state index in [2.05, 4.69) is 39.4 Å². The first kappa shape index (κ1) is 22.6. The quantitative estimate of drug-likeness (QED) is 0.670. The molecule has 3 aliphatic rings. The van der Waals surface area contributed by atoms with Crippen molar-refractivity contribution in [1.82, 2.24) is 15.1 Å². The summed E-state index contributed by atoms with van der Waals surface area (Å²) in [5, 5.41) is 11.7. The first-order valence-electron chi connectivity index (χ1n) is 12.1. The smallest absolute Gasteiger partial charge is 0.243 e. The topological polar surface area (TPSA) is 85.7 Å². The number of carbonyl (C=O) groups excluding carboxylic acids is 2. The number of likely N-dealkylation sites (tertiary alicyclic amines) is 1. The average molecular weight is 459 g/mol. The molecule has 0 bridgehead atoms. The SMILES string of the molecule is N#Cc1cccc(CN2CCCC[C@H]2COc2ccc3c(c2)CN(C2CCC(=O)NC2=O)C3)c1. The van der Waals surface area contributed by atoms with Crippen LogP contribution >= 0.6 is 0 Å². The number of nitrogens with zero attached hydrogens (tertiary/aromatic N) is 3. The van der Waals surface area contributed by atoms with Gasteiger partial charge in [0.05, 0.1) is 17.7 Å². The van der Waals surface area contributed by atoms with E-state index in [1.807, 2.05) is 24.3 Å². The van der Waals surface area contributed by atoms with Crippen molar-refractivity contribution >= 4 is 11.8 Å². The molecule has 0 aliphatic carbocycles. The zero-order valence-corrected chi connectivity index (χ0v) is 19.3. The van der Waals surface area contributed by atoms with E-state index in [1.165, 1.54) is 24.0 Å². The lowest BCUT2D eigenvalue weighted by molar-refractivity contribution is -0.137. The van der Waals surface area contributed by atoms with Gasteiger partial charge in [-0.2, -0.15) is 5.26 Å². The molecule has 7 nitrogen and oxygen atoms in total. The summed E-state index contributed by atoms with van der Waals surface area (Å²) in [7, 11) is 0. The van der Waals surface area contributed by atoms with Crippen molar-refractivity contribution in [3.05, 3.63) is 64.7 Å². The molecule has 0 spiro atoms. The second-order valence-electron chi connectivity index (χ2n) is 9.55. The Labute approximate surface area is 200 Å². The summed E-state index contributed by atoms with van der Waals surface area (Å²) in [4.78, 5) is 28.4. The third kappa shape index (κ3) is 4.98. The molecule has 7 heteroatoms. The van der Waals surface area contributed by atoms with E-state index in [0.717, 1.165) is 37.4 Å². The summed E-state index contributed by atoms with van der Waals surface area (Å²) in [6.07, 6.45) is 4.47. The van der Waals surface area contributed by atoms with Crippen LogP contribution in [-0.2, 0) is 29.2 Å². The van der Waals surface area contributed by atoms with E-state index in [1.54, 1.807) is 0 Å². The third-order valence-corrected chi connectivity index (χ3v) is 7.21. The van der Waals surface area contributed by atoms with Crippen LogP contribution in [0.5, 0.6) is 5.75 Å². The number of benzene rings is 2. The van der Waals surface area contributed by atoms with Gasteiger partial charge in [0.2, 0.25) is 11.8 Å². The molecule has 0 radical (unpaired) electrons. The Morgan fingerprint density at radius 3 is 2.79 bits per heavy atom. The van der Waals surface area contributed by atoms with E-state index in [4.69, 9.17) is 4.74 Å². The fraction of sp³-hybridized carbons (Fsp3) is 0.444. The predicted octanol–water partition coefficient (Wildman–Crippen LogP) is 3.11. The number of hydrogen-bond donors (Lipinski definition) is 1. The minimum absolute atomic E-state index is 0.178. The lowest BCUT2D eigenvalue weighted by Crippen LogP contribution is -2.50. The summed E-state index contributed by atoms with van der Waals surface area (Å²) >= 11 is 0. The van der Waals surface area contributed by atoms with Crippen molar-refractivity contribution < 1.29 is 14.3 Å². The Balaban J connectivity index is 1.20. The first-order valence-corrected chi connectivity index (χ1v) is 12.1. The molecule has 3 aliphatic heterocycles. The number of amides is 2. The maximum absolute atomic E-state index is 12.3.